The number of ketones is 1. The Hall–Kier alpha value is -3.10. The molecule has 10 heteroatoms. The van der Waals surface area contributed by atoms with Crippen LogP contribution in [-0.4, -0.2) is 27.9 Å². The van der Waals surface area contributed by atoms with E-state index in [1.165, 1.54) is 16.2 Å². The Labute approximate surface area is 230 Å². The number of carbonyl (C=O) groups is 2. The molecule has 1 fully saturated rings. The lowest BCUT2D eigenvalue weighted by atomic mass is 9.94. The summed E-state index contributed by atoms with van der Waals surface area (Å²) < 4.78 is 6.52. The lowest BCUT2D eigenvalue weighted by Crippen LogP contribution is -2.29. The number of anilines is 1. The van der Waals surface area contributed by atoms with Crippen LogP contribution >= 0.6 is 46.1 Å². The number of aromatic nitrogens is 1. The number of ether oxygens (including phenoxy) is 1. The first-order chi connectivity index (χ1) is 17.7. The van der Waals surface area contributed by atoms with Gasteiger partial charge in [-0.25, -0.2) is 4.98 Å². The zero-order chi connectivity index (χ0) is 26.0. The molecule has 0 spiro atoms. The number of aliphatic hydroxyl groups is 1. The quantitative estimate of drug-likeness (QED) is 0.160. The van der Waals surface area contributed by atoms with Crippen molar-refractivity contribution in [3.63, 3.8) is 0 Å². The van der Waals surface area contributed by atoms with Crippen molar-refractivity contribution in [2.75, 3.05) is 4.90 Å². The molecule has 3 aromatic carbocycles. The Morgan fingerprint density at radius 2 is 1.86 bits per heavy atom. The summed E-state index contributed by atoms with van der Waals surface area (Å²) >= 11 is 19.8. The smallest absolute Gasteiger partial charge is 0.301 e. The molecule has 186 valence electrons. The fourth-order valence-electron chi connectivity index (χ4n) is 4.74. The van der Waals surface area contributed by atoms with Gasteiger partial charge < -0.3 is 9.84 Å². The van der Waals surface area contributed by atoms with Gasteiger partial charge in [0.05, 0.1) is 31.9 Å². The highest BCUT2D eigenvalue weighted by Crippen LogP contribution is 2.46. The Kier molecular flexibility index (Phi) is 5.92. The number of fused-ring (bicyclic) bond motifs is 2. The summed E-state index contributed by atoms with van der Waals surface area (Å²) in [6, 6.07) is 14.3. The normalized spacial score (nSPS) is 20.5. The van der Waals surface area contributed by atoms with Crippen LogP contribution in [0.1, 0.15) is 29.7 Å². The average molecular weight is 572 g/mol. The number of benzene rings is 3. The number of nitrogens with zero attached hydrogens (tertiary/aromatic N) is 2. The molecular formula is C27H17Cl3N2O4S. The highest BCUT2D eigenvalue weighted by atomic mass is 35.5. The van der Waals surface area contributed by atoms with Crippen molar-refractivity contribution in [3.05, 3.63) is 91.9 Å². The summed E-state index contributed by atoms with van der Waals surface area (Å²) in [7, 11) is 0. The van der Waals surface area contributed by atoms with Crippen LogP contribution < -0.4 is 9.64 Å². The molecule has 0 saturated carbocycles. The van der Waals surface area contributed by atoms with Crippen LogP contribution in [0.5, 0.6) is 5.75 Å². The van der Waals surface area contributed by atoms with E-state index in [1.807, 2.05) is 6.92 Å². The minimum atomic E-state index is -0.978. The minimum Gasteiger partial charge on any atom is -0.507 e. The number of rotatable bonds is 3. The highest BCUT2D eigenvalue weighted by molar-refractivity contribution is 7.22. The molecular weight excluding hydrogens is 555 g/mol. The largest absolute Gasteiger partial charge is 0.507 e. The maximum absolute atomic E-state index is 13.5. The van der Waals surface area contributed by atoms with Gasteiger partial charge in [0.2, 0.25) is 0 Å². The van der Waals surface area contributed by atoms with Crippen LogP contribution in [0.4, 0.5) is 5.13 Å². The van der Waals surface area contributed by atoms with Gasteiger partial charge in [0.15, 0.2) is 5.13 Å². The van der Waals surface area contributed by atoms with Gasteiger partial charge in [0, 0.05) is 17.0 Å². The van der Waals surface area contributed by atoms with Crippen LogP contribution in [0.3, 0.4) is 0 Å². The zero-order valence-electron chi connectivity index (χ0n) is 19.2. The van der Waals surface area contributed by atoms with Crippen LogP contribution in [0.2, 0.25) is 15.1 Å². The Morgan fingerprint density at radius 1 is 1.05 bits per heavy atom. The fourth-order valence-corrected chi connectivity index (χ4v) is 6.32. The number of hydrogen-bond donors (Lipinski definition) is 1. The highest BCUT2D eigenvalue weighted by Gasteiger charge is 2.48. The molecule has 0 unspecified atom stereocenters. The second-order valence-electron chi connectivity index (χ2n) is 8.91. The third-order valence-electron chi connectivity index (χ3n) is 6.42. The topological polar surface area (TPSA) is 79.7 Å². The second-order valence-corrected chi connectivity index (χ2v) is 11.2. The van der Waals surface area contributed by atoms with Crippen molar-refractivity contribution in [2.45, 2.75) is 25.5 Å². The first kappa shape index (κ1) is 24.2. The molecule has 1 N–H and O–H groups in total. The molecule has 0 aliphatic carbocycles. The van der Waals surface area contributed by atoms with Crippen molar-refractivity contribution >= 4 is 78.9 Å². The maximum Gasteiger partial charge on any atom is 0.301 e. The number of amides is 1. The third-order valence-corrected chi connectivity index (χ3v) is 8.41. The van der Waals surface area contributed by atoms with Crippen LogP contribution in [0, 0.1) is 0 Å². The van der Waals surface area contributed by atoms with Gasteiger partial charge in [-0.1, -0.05) is 52.2 Å². The number of carbonyl (C=O) groups excluding carboxylic acids is 2. The van der Waals surface area contributed by atoms with Crippen molar-refractivity contribution in [1.82, 2.24) is 4.98 Å². The molecule has 3 heterocycles. The van der Waals surface area contributed by atoms with Crippen molar-refractivity contribution < 1.29 is 19.4 Å². The van der Waals surface area contributed by atoms with Gasteiger partial charge in [-0.3, -0.25) is 14.5 Å². The lowest BCUT2D eigenvalue weighted by Gasteiger charge is -2.23. The van der Waals surface area contributed by atoms with Crippen LogP contribution in [-0.2, 0) is 16.0 Å². The van der Waals surface area contributed by atoms with Gasteiger partial charge in [-0.15, -0.1) is 0 Å². The number of aliphatic hydroxyl groups excluding tert-OH is 1. The van der Waals surface area contributed by atoms with E-state index in [2.05, 4.69) is 4.98 Å². The van der Waals surface area contributed by atoms with E-state index in [0.717, 1.165) is 16.0 Å². The molecule has 4 aromatic rings. The Morgan fingerprint density at radius 3 is 2.65 bits per heavy atom. The molecule has 2 aliphatic heterocycles. The van der Waals surface area contributed by atoms with E-state index >= 15 is 0 Å². The summed E-state index contributed by atoms with van der Waals surface area (Å²) in [5.41, 5.74) is 2.40. The predicted octanol–water partition coefficient (Wildman–Crippen LogP) is 7.21. The molecule has 1 amide bonds. The Bertz CT molecular complexity index is 1660. The molecule has 2 atom stereocenters. The molecule has 6 nitrogen and oxygen atoms in total. The van der Waals surface area contributed by atoms with Crippen molar-refractivity contribution in [2.24, 2.45) is 0 Å². The van der Waals surface area contributed by atoms with Gasteiger partial charge >= 0.3 is 5.91 Å². The summed E-state index contributed by atoms with van der Waals surface area (Å²) in [6.07, 6.45) is 0.691. The molecule has 1 saturated heterocycles. The van der Waals surface area contributed by atoms with Gasteiger partial charge in [0.25, 0.3) is 5.78 Å². The van der Waals surface area contributed by atoms with Gasteiger partial charge in [-0.2, -0.15) is 0 Å². The third kappa shape index (κ3) is 4.07. The average Bonchev–Trinajstić information content (AvgIpc) is 3.52. The molecule has 1 aromatic heterocycles. The predicted molar refractivity (Wildman–Crippen MR) is 146 cm³/mol. The van der Waals surface area contributed by atoms with Gasteiger partial charge in [0.1, 0.15) is 17.6 Å². The van der Waals surface area contributed by atoms with E-state index < -0.39 is 17.7 Å². The lowest BCUT2D eigenvalue weighted by molar-refractivity contribution is -0.132. The number of hydrogen-bond acceptors (Lipinski definition) is 6. The maximum atomic E-state index is 13.5. The van der Waals surface area contributed by atoms with E-state index in [0.29, 0.717) is 38.2 Å². The Balaban J connectivity index is 1.55. The molecule has 6 rings (SSSR count). The van der Waals surface area contributed by atoms with Crippen LogP contribution in [0.25, 0.3) is 16.0 Å². The minimum absolute atomic E-state index is 0.0155. The molecule has 2 aliphatic rings. The fraction of sp³-hybridized carbons (Fsp3) is 0.148. The number of Topliss-reactive ketones (excluding diaryl/α,β-unsaturated/α-hetero) is 1. The molecule has 0 bridgehead atoms. The standard InChI is InChI=1S/C27H17Cl3N2O4S/c1-12-8-15-9-14(3-7-20(15)36-12)24(33)22-23(13-2-5-17(29)18(30)10-13)32(26(35)25(22)34)27-31-19-6-4-16(28)11-21(19)37-27/h2-7,9-12,23,33H,8H2,1H3/t12-,23-/m1/s1. The first-order valence-electron chi connectivity index (χ1n) is 11.3. The van der Waals surface area contributed by atoms with Crippen molar-refractivity contribution in [1.29, 1.82) is 0 Å². The SMILES string of the molecule is C[C@@H]1Cc2cc(C(O)=C3C(=O)C(=O)N(c4nc5ccc(Cl)cc5s4)[C@@H]3c3ccc(Cl)c(Cl)c3)ccc2O1. The van der Waals surface area contributed by atoms with E-state index in [9.17, 15) is 14.7 Å². The van der Waals surface area contributed by atoms with E-state index in [-0.39, 0.29) is 22.5 Å². The summed E-state index contributed by atoms with van der Waals surface area (Å²) in [6.45, 7) is 1.96. The molecule has 37 heavy (non-hydrogen) atoms. The summed E-state index contributed by atoms with van der Waals surface area (Å²) in [5.74, 6) is -1.18. The zero-order valence-corrected chi connectivity index (χ0v) is 22.3. The van der Waals surface area contributed by atoms with Crippen molar-refractivity contribution in [3.8, 4) is 5.75 Å². The first-order valence-corrected chi connectivity index (χ1v) is 13.3. The molecule has 0 radical (unpaired) electrons. The van der Waals surface area contributed by atoms with E-state index in [1.54, 1.807) is 54.6 Å². The summed E-state index contributed by atoms with van der Waals surface area (Å²) in [4.78, 5) is 32.8. The number of thiazole rings is 1. The number of halogens is 3. The summed E-state index contributed by atoms with van der Waals surface area (Å²) in [5, 5.41) is 12.9. The van der Waals surface area contributed by atoms with Crippen LogP contribution in [0.15, 0.2) is 60.2 Å². The monoisotopic (exact) mass is 570 g/mol. The van der Waals surface area contributed by atoms with Gasteiger partial charge in [-0.05, 0) is 66.6 Å². The second kappa shape index (κ2) is 9.03. The van der Waals surface area contributed by atoms with E-state index in [4.69, 9.17) is 39.5 Å².